The molecule has 39 heavy (non-hydrogen) atoms. The number of hydrogen-bond donors (Lipinski definition) is 1. The fourth-order valence-corrected chi connectivity index (χ4v) is 5.81. The Morgan fingerprint density at radius 3 is 2.08 bits per heavy atom. The maximum absolute atomic E-state index is 12.0. The van der Waals surface area contributed by atoms with Gasteiger partial charge < -0.3 is 14.2 Å². The maximum atomic E-state index is 12.0. The van der Waals surface area contributed by atoms with Crippen LogP contribution in [0.15, 0.2) is 54.7 Å². The second kappa shape index (κ2) is 11.4. The number of aromatic nitrogens is 1. The van der Waals surface area contributed by atoms with Gasteiger partial charge in [-0.3, -0.25) is 10.1 Å². The van der Waals surface area contributed by atoms with Crippen LogP contribution < -0.4 is 9.74 Å². The van der Waals surface area contributed by atoms with Gasteiger partial charge in [0.1, 0.15) is 17.6 Å². The summed E-state index contributed by atoms with van der Waals surface area (Å²) in [5.74, 6) is 0.878. The van der Waals surface area contributed by atoms with Crippen molar-refractivity contribution in [3.8, 4) is 5.75 Å². The van der Waals surface area contributed by atoms with Gasteiger partial charge in [0.2, 0.25) is 8.32 Å². The van der Waals surface area contributed by atoms with Gasteiger partial charge in [-0.2, -0.15) is 0 Å². The van der Waals surface area contributed by atoms with Crippen LogP contribution in [-0.4, -0.2) is 39.2 Å². The normalized spacial score (nSPS) is 13.8. The molecule has 7 nitrogen and oxygen atoms in total. The van der Waals surface area contributed by atoms with Gasteiger partial charge in [0, 0.05) is 5.39 Å². The Labute approximate surface area is 235 Å². The highest BCUT2D eigenvalue weighted by molar-refractivity contribution is 6.75. The van der Waals surface area contributed by atoms with Gasteiger partial charge in [0.25, 0.3) is 0 Å². The van der Waals surface area contributed by atoms with Crippen molar-refractivity contribution in [2.45, 2.75) is 90.3 Å². The van der Waals surface area contributed by atoms with E-state index in [9.17, 15) is 10.1 Å². The van der Waals surface area contributed by atoms with Crippen LogP contribution in [0.4, 0.5) is 11.4 Å². The van der Waals surface area contributed by atoms with Crippen LogP contribution in [0.25, 0.3) is 10.9 Å². The number of nitrogens with zero attached hydrogens (tertiary/aromatic N) is 2. The molecule has 1 atom stereocenters. The number of anilines is 1. The molecule has 0 bridgehead atoms. The number of para-hydroxylation sites is 1. The van der Waals surface area contributed by atoms with Crippen molar-refractivity contribution in [3.63, 3.8) is 0 Å². The lowest BCUT2D eigenvalue weighted by Crippen LogP contribution is -2.44. The van der Waals surface area contributed by atoms with E-state index in [0.29, 0.717) is 24.2 Å². The minimum absolute atomic E-state index is 0.0378. The SMILES string of the molecule is CC(C)(C)[Si](C)(C)OC[C@H](Cc1ccc(O[Si](C)(C)C(C)(C)C)cc1)Nc1c([N+](=O)[O-])cnc2ccccc12. The molecule has 0 aliphatic heterocycles. The Morgan fingerprint density at radius 2 is 1.51 bits per heavy atom. The molecule has 0 amide bonds. The standard InChI is InChI=1S/C30H45N3O4Si2/c1-29(2,3)38(7,8)36-21-23(19-22-15-17-24(18-16-22)37-39(9,10)30(4,5)6)32-28-25-13-11-12-14-26(25)31-20-27(28)33(34)35/h11-18,20,23H,19,21H2,1-10H3,(H,31,32)/t23-/m0/s1. The minimum atomic E-state index is -2.05. The number of rotatable bonds is 10. The number of benzene rings is 2. The lowest BCUT2D eigenvalue weighted by Gasteiger charge is -2.37. The summed E-state index contributed by atoms with van der Waals surface area (Å²) in [7, 11) is -3.98. The van der Waals surface area contributed by atoms with Gasteiger partial charge >= 0.3 is 5.69 Å². The summed E-state index contributed by atoms with van der Waals surface area (Å²) in [5, 5.41) is 16.4. The number of nitrogens with one attached hydrogen (secondary N) is 1. The maximum Gasteiger partial charge on any atom is 0.311 e. The molecule has 9 heteroatoms. The van der Waals surface area contributed by atoms with Crippen molar-refractivity contribution in [1.82, 2.24) is 4.98 Å². The van der Waals surface area contributed by atoms with E-state index in [-0.39, 0.29) is 26.7 Å². The minimum Gasteiger partial charge on any atom is -0.544 e. The monoisotopic (exact) mass is 567 g/mol. The van der Waals surface area contributed by atoms with E-state index in [1.807, 2.05) is 36.4 Å². The highest BCUT2D eigenvalue weighted by Gasteiger charge is 2.39. The van der Waals surface area contributed by atoms with E-state index in [2.05, 4.69) is 90.2 Å². The molecule has 0 spiro atoms. The molecule has 1 N–H and O–H groups in total. The molecule has 0 fully saturated rings. The average molecular weight is 568 g/mol. The van der Waals surface area contributed by atoms with E-state index in [1.54, 1.807) is 0 Å². The molecular formula is C30H45N3O4Si2. The van der Waals surface area contributed by atoms with Crippen molar-refractivity contribution in [1.29, 1.82) is 0 Å². The molecule has 0 saturated carbocycles. The summed E-state index contributed by atoms with van der Waals surface area (Å²) in [6, 6.07) is 15.6. The summed E-state index contributed by atoms with van der Waals surface area (Å²) in [6.07, 6.45) is 1.98. The second-order valence-electron chi connectivity index (χ2n) is 13.4. The fourth-order valence-electron chi connectivity index (χ4n) is 3.73. The van der Waals surface area contributed by atoms with Crippen molar-refractivity contribution in [2.24, 2.45) is 0 Å². The van der Waals surface area contributed by atoms with Crippen LogP contribution in [0, 0.1) is 10.1 Å². The Bertz CT molecular complexity index is 1300. The van der Waals surface area contributed by atoms with Crippen LogP contribution in [0.5, 0.6) is 5.75 Å². The van der Waals surface area contributed by atoms with Crippen molar-refractivity contribution >= 4 is 38.9 Å². The summed E-state index contributed by atoms with van der Waals surface area (Å²) in [5.41, 5.74) is 2.26. The van der Waals surface area contributed by atoms with Crippen LogP contribution >= 0.6 is 0 Å². The average Bonchev–Trinajstić information content (AvgIpc) is 2.82. The summed E-state index contributed by atoms with van der Waals surface area (Å²) in [6.45, 7) is 22.7. The topological polar surface area (TPSA) is 86.5 Å². The number of pyridine rings is 1. The number of fused-ring (bicyclic) bond motifs is 1. The quantitative estimate of drug-likeness (QED) is 0.150. The lowest BCUT2D eigenvalue weighted by molar-refractivity contribution is -0.384. The predicted molar refractivity (Wildman–Crippen MR) is 167 cm³/mol. The molecule has 212 valence electrons. The van der Waals surface area contributed by atoms with E-state index in [0.717, 1.165) is 16.7 Å². The summed E-state index contributed by atoms with van der Waals surface area (Å²) >= 11 is 0. The Balaban J connectivity index is 1.93. The van der Waals surface area contributed by atoms with Crippen molar-refractivity contribution in [3.05, 3.63) is 70.4 Å². The molecule has 3 rings (SSSR count). The summed E-state index contributed by atoms with van der Waals surface area (Å²) in [4.78, 5) is 15.9. The Kier molecular flexibility index (Phi) is 8.99. The molecule has 1 heterocycles. The summed E-state index contributed by atoms with van der Waals surface area (Å²) < 4.78 is 13.1. The molecule has 0 aliphatic rings. The van der Waals surface area contributed by atoms with Crippen LogP contribution in [-0.2, 0) is 10.8 Å². The van der Waals surface area contributed by atoms with Crippen LogP contribution in [0.2, 0.25) is 36.3 Å². The Hall–Kier alpha value is -2.76. The highest BCUT2D eigenvalue weighted by Crippen LogP contribution is 2.39. The first-order valence-corrected chi connectivity index (χ1v) is 19.4. The first-order chi connectivity index (χ1) is 17.9. The molecule has 0 saturated heterocycles. The van der Waals surface area contributed by atoms with Gasteiger partial charge in [0.15, 0.2) is 8.32 Å². The smallest absolute Gasteiger partial charge is 0.311 e. The second-order valence-corrected chi connectivity index (χ2v) is 22.9. The zero-order chi connectivity index (χ0) is 29.2. The largest absolute Gasteiger partial charge is 0.544 e. The fraction of sp³-hybridized carbons (Fsp3) is 0.500. The molecule has 0 aliphatic carbocycles. The van der Waals surface area contributed by atoms with Gasteiger partial charge in [-0.05, 0) is 66.4 Å². The van der Waals surface area contributed by atoms with Crippen LogP contribution in [0.1, 0.15) is 47.1 Å². The van der Waals surface area contributed by atoms with E-state index in [4.69, 9.17) is 8.85 Å². The van der Waals surface area contributed by atoms with E-state index in [1.165, 1.54) is 6.20 Å². The van der Waals surface area contributed by atoms with E-state index >= 15 is 0 Å². The molecule has 2 aromatic carbocycles. The van der Waals surface area contributed by atoms with Gasteiger partial charge in [0.05, 0.1) is 23.1 Å². The predicted octanol–water partition coefficient (Wildman–Crippen LogP) is 8.57. The Morgan fingerprint density at radius 1 is 0.923 bits per heavy atom. The van der Waals surface area contributed by atoms with E-state index < -0.39 is 16.6 Å². The number of hydrogen-bond acceptors (Lipinski definition) is 6. The zero-order valence-corrected chi connectivity index (χ0v) is 27.2. The van der Waals surface area contributed by atoms with Gasteiger partial charge in [-0.1, -0.05) is 71.9 Å². The van der Waals surface area contributed by atoms with Crippen molar-refractivity contribution in [2.75, 3.05) is 11.9 Å². The molecule has 0 radical (unpaired) electrons. The lowest BCUT2D eigenvalue weighted by atomic mass is 10.0. The molecule has 1 aromatic heterocycles. The molecule has 0 unspecified atom stereocenters. The third kappa shape index (κ3) is 7.46. The third-order valence-electron chi connectivity index (χ3n) is 8.34. The third-order valence-corrected chi connectivity index (χ3v) is 17.2. The van der Waals surface area contributed by atoms with Gasteiger partial charge in [-0.25, -0.2) is 4.98 Å². The van der Waals surface area contributed by atoms with Gasteiger partial charge in [-0.15, -0.1) is 0 Å². The van der Waals surface area contributed by atoms with Crippen molar-refractivity contribution < 1.29 is 13.8 Å². The van der Waals surface area contributed by atoms with Crippen LogP contribution in [0.3, 0.4) is 0 Å². The first-order valence-electron chi connectivity index (χ1n) is 13.6. The molecule has 3 aromatic rings. The number of nitro groups is 1. The molecular weight excluding hydrogens is 523 g/mol. The highest BCUT2D eigenvalue weighted by atomic mass is 28.4. The first kappa shape index (κ1) is 30.8. The zero-order valence-electron chi connectivity index (χ0n) is 25.2.